The van der Waals surface area contributed by atoms with Gasteiger partial charge in [-0.25, -0.2) is 0 Å². The molecule has 3 heteroatoms. The third kappa shape index (κ3) is 3.53. The first-order valence-corrected chi connectivity index (χ1v) is 7.61. The van der Waals surface area contributed by atoms with Gasteiger partial charge in [0.2, 0.25) is 0 Å². The summed E-state index contributed by atoms with van der Waals surface area (Å²) in [7, 11) is 0. The summed E-state index contributed by atoms with van der Waals surface area (Å²) in [5, 5.41) is 13.6. The molecular formula is C17H28N2O. The van der Waals surface area contributed by atoms with E-state index < -0.39 is 5.60 Å². The zero-order valence-electron chi connectivity index (χ0n) is 13.2. The van der Waals surface area contributed by atoms with Crippen molar-refractivity contribution >= 4 is 5.69 Å². The topological polar surface area (TPSA) is 35.5 Å². The minimum Gasteiger partial charge on any atom is -0.389 e. The van der Waals surface area contributed by atoms with Crippen LogP contribution < -0.4 is 10.2 Å². The van der Waals surface area contributed by atoms with E-state index in [9.17, 15) is 5.11 Å². The Morgan fingerprint density at radius 1 is 1.05 bits per heavy atom. The molecule has 20 heavy (non-hydrogen) atoms. The lowest BCUT2D eigenvalue weighted by atomic mass is 9.86. The average Bonchev–Trinajstić information content (AvgIpc) is 2.89. The van der Waals surface area contributed by atoms with Gasteiger partial charge in [-0.15, -0.1) is 0 Å². The van der Waals surface area contributed by atoms with E-state index in [1.165, 1.54) is 37.2 Å². The fourth-order valence-corrected chi connectivity index (χ4v) is 2.34. The van der Waals surface area contributed by atoms with Gasteiger partial charge in [0.15, 0.2) is 0 Å². The first-order valence-electron chi connectivity index (χ1n) is 7.61. The van der Waals surface area contributed by atoms with Crippen LogP contribution in [0.4, 0.5) is 5.69 Å². The number of benzene rings is 1. The third-order valence-corrected chi connectivity index (χ3v) is 4.67. The van der Waals surface area contributed by atoms with Crippen LogP contribution in [0.3, 0.4) is 0 Å². The minimum absolute atomic E-state index is 0.319. The van der Waals surface area contributed by atoms with E-state index in [-0.39, 0.29) is 5.54 Å². The Morgan fingerprint density at radius 3 is 2.10 bits per heavy atom. The van der Waals surface area contributed by atoms with Crippen LogP contribution in [0.5, 0.6) is 0 Å². The second-order valence-electron chi connectivity index (χ2n) is 6.90. The van der Waals surface area contributed by atoms with Gasteiger partial charge in [0, 0.05) is 30.9 Å². The Hall–Kier alpha value is -1.06. The van der Waals surface area contributed by atoms with Crippen LogP contribution in [0.2, 0.25) is 0 Å². The summed E-state index contributed by atoms with van der Waals surface area (Å²) in [5.41, 5.74) is 1.52. The summed E-state index contributed by atoms with van der Waals surface area (Å²) in [6.45, 7) is 10.9. The summed E-state index contributed by atoms with van der Waals surface area (Å²) in [6.07, 6.45) is 2.62. The number of hydrogen-bond donors (Lipinski definition) is 2. The molecular weight excluding hydrogens is 248 g/mol. The molecule has 0 radical (unpaired) electrons. The van der Waals surface area contributed by atoms with Crippen molar-refractivity contribution < 1.29 is 5.11 Å². The number of hydrogen-bond acceptors (Lipinski definition) is 3. The molecule has 3 nitrogen and oxygen atoms in total. The van der Waals surface area contributed by atoms with Gasteiger partial charge in [-0.3, -0.25) is 0 Å². The van der Waals surface area contributed by atoms with Crippen LogP contribution in [0, 0.1) is 0 Å². The predicted octanol–water partition coefficient (Wildman–Crippen LogP) is 2.93. The normalized spacial score (nSPS) is 16.8. The second kappa shape index (κ2) is 5.74. The number of nitrogens with one attached hydrogen (secondary N) is 1. The Bertz CT molecular complexity index is 425. The van der Waals surface area contributed by atoms with E-state index in [1.807, 2.05) is 27.7 Å². The number of anilines is 1. The van der Waals surface area contributed by atoms with Gasteiger partial charge in [0.1, 0.15) is 0 Å². The van der Waals surface area contributed by atoms with Gasteiger partial charge < -0.3 is 15.3 Å². The summed E-state index contributed by atoms with van der Waals surface area (Å²) < 4.78 is 0. The summed E-state index contributed by atoms with van der Waals surface area (Å²) in [5.74, 6) is 0. The van der Waals surface area contributed by atoms with Crippen molar-refractivity contribution in [3.05, 3.63) is 29.8 Å². The highest BCUT2D eigenvalue weighted by molar-refractivity contribution is 5.48. The summed E-state index contributed by atoms with van der Waals surface area (Å²) in [4.78, 5) is 2.44. The SMILES string of the molecule is CC(C)(O)C(C)(C)NCc1ccc(N2CCCC2)cc1. The molecule has 0 unspecified atom stereocenters. The van der Waals surface area contributed by atoms with Crippen molar-refractivity contribution in [2.75, 3.05) is 18.0 Å². The Morgan fingerprint density at radius 2 is 1.60 bits per heavy atom. The molecule has 1 aromatic carbocycles. The highest BCUT2D eigenvalue weighted by Gasteiger charge is 2.34. The quantitative estimate of drug-likeness (QED) is 0.868. The Kier molecular flexibility index (Phi) is 4.40. The maximum absolute atomic E-state index is 10.1. The molecule has 0 bridgehead atoms. The largest absolute Gasteiger partial charge is 0.389 e. The zero-order valence-corrected chi connectivity index (χ0v) is 13.2. The lowest BCUT2D eigenvalue weighted by molar-refractivity contribution is -0.00531. The molecule has 2 rings (SSSR count). The Balaban J connectivity index is 1.94. The molecule has 0 atom stereocenters. The number of aliphatic hydroxyl groups is 1. The van der Waals surface area contributed by atoms with Crippen molar-refractivity contribution in [1.29, 1.82) is 0 Å². The molecule has 112 valence electrons. The maximum Gasteiger partial charge on any atom is 0.0767 e. The predicted molar refractivity (Wildman–Crippen MR) is 85.1 cm³/mol. The van der Waals surface area contributed by atoms with Gasteiger partial charge in [-0.2, -0.15) is 0 Å². The van der Waals surface area contributed by atoms with Gasteiger partial charge >= 0.3 is 0 Å². The van der Waals surface area contributed by atoms with Crippen LogP contribution in [0.25, 0.3) is 0 Å². The minimum atomic E-state index is -0.748. The fourth-order valence-electron chi connectivity index (χ4n) is 2.34. The molecule has 1 aliphatic heterocycles. The zero-order chi connectivity index (χ0) is 14.8. The molecule has 0 amide bonds. The van der Waals surface area contributed by atoms with Crippen molar-refractivity contribution in [2.45, 2.75) is 58.2 Å². The van der Waals surface area contributed by atoms with E-state index in [4.69, 9.17) is 0 Å². The molecule has 1 aliphatic rings. The molecule has 1 aromatic rings. The lowest BCUT2D eigenvalue weighted by Gasteiger charge is -2.38. The van der Waals surface area contributed by atoms with E-state index in [2.05, 4.69) is 34.5 Å². The van der Waals surface area contributed by atoms with Gasteiger partial charge in [-0.1, -0.05) is 12.1 Å². The molecule has 0 spiro atoms. The first-order chi connectivity index (χ1) is 9.29. The van der Waals surface area contributed by atoms with Gasteiger partial charge in [-0.05, 0) is 58.2 Å². The smallest absolute Gasteiger partial charge is 0.0767 e. The molecule has 1 heterocycles. The van der Waals surface area contributed by atoms with Crippen LogP contribution in [0.15, 0.2) is 24.3 Å². The number of nitrogens with zero attached hydrogens (tertiary/aromatic N) is 1. The van der Waals surface area contributed by atoms with Crippen molar-refractivity contribution in [2.24, 2.45) is 0 Å². The fraction of sp³-hybridized carbons (Fsp3) is 0.647. The molecule has 1 saturated heterocycles. The Labute approximate surface area is 123 Å². The van der Waals surface area contributed by atoms with Crippen molar-refractivity contribution in [3.8, 4) is 0 Å². The molecule has 2 N–H and O–H groups in total. The first kappa shape index (κ1) is 15.3. The standard InChI is InChI=1S/C17H28N2O/c1-16(2,17(3,4)20)18-13-14-7-9-15(10-8-14)19-11-5-6-12-19/h7-10,18,20H,5-6,11-13H2,1-4H3. The van der Waals surface area contributed by atoms with Gasteiger partial charge in [0.25, 0.3) is 0 Å². The maximum atomic E-state index is 10.1. The third-order valence-electron chi connectivity index (χ3n) is 4.67. The molecule has 0 aromatic heterocycles. The summed E-state index contributed by atoms with van der Waals surface area (Å²) in [6, 6.07) is 8.78. The van der Waals surface area contributed by atoms with E-state index >= 15 is 0 Å². The lowest BCUT2D eigenvalue weighted by Crippen LogP contribution is -2.55. The highest BCUT2D eigenvalue weighted by Crippen LogP contribution is 2.23. The van der Waals surface area contributed by atoms with E-state index in [0.717, 1.165) is 6.54 Å². The van der Waals surface area contributed by atoms with Gasteiger partial charge in [0.05, 0.1) is 5.60 Å². The van der Waals surface area contributed by atoms with Crippen LogP contribution in [0.1, 0.15) is 46.1 Å². The monoisotopic (exact) mass is 276 g/mol. The van der Waals surface area contributed by atoms with Crippen molar-refractivity contribution in [1.82, 2.24) is 5.32 Å². The molecule has 0 aliphatic carbocycles. The average molecular weight is 276 g/mol. The van der Waals surface area contributed by atoms with Crippen molar-refractivity contribution in [3.63, 3.8) is 0 Å². The van der Waals surface area contributed by atoms with E-state index in [1.54, 1.807) is 0 Å². The van der Waals surface area contributed by atoms with E-state index in [0.29, 0.717) is 0 Å². The summed E-state index contributed by atoms with van der Waals surface area (Å²) >= 11 is 0. The van der Waals surface area contributed by atoms with Crippen LogP contribution >= 0.6 is 0 Å². The van der Waals surface area contributed by atoms with Crippen LogP contribution in [-0.4, -0.2) is 29.3 Å². The molecule has 0 saturated carbocycles. The number of rotatable bonds is 5. The molecule has 1 fully saturated rings. The second-order valence-corrected chi connectivity index (χ2v) is 6.90. The van der Waals surface area contributed by atoms with Crippen LogP contribution in [-0.2, 0) is 6.54 Å². The highest BCUT2D eigenvalue weighted by atomic mass is 16.3.